The van der Waals surface area contributed by atoms with E-state index in [1.807, 2.05) is 13.8 Å². The number of hydrogen-bond acceptors (Lipinski definition) is 2. The lowest BCUT2D eigenvalue weighted by Crippen LogP contribution is -2.40. The maximum absolute atomic E-state index is 12.2. The first kappa shape index (κ1) is 19.5. The van der Waals surface area contributed by atoms with Crippen LogP contribution in [0.4, 0.5) is 0 Å². The van der Waals surface area contributed by atoms with Gasteiger partial charge in [-0.05, 0) is 29.7 Å². The van der Waals surface area contributed by atoms with Crippen molar-refractivity contribution in [2.75, 3.05) is 20.1 Å². The fraction of sp³-hybridized carbons (Fsp3) is 0.500. The van der Waals surface area contributed by atoms with Crippen LogP contribution in [-0.2, 0) is 11.2 Å². The molecule has 1 rings (SSSR count). The Balaban J connectivity index is 0.00000361. The largest absolute Gasteiger partial charge is 0.345 e. The number of hydrogen-bond donors (Lipinski definition) is 1. The quantitative estimate of drug-likeness (QED) is 0.893. The highest BCUT2D eigenvalue weighted by Crippen LogP contribution is 2.25. The molecule has 114 valence electrons. The lowest BCUT2D eigenvalue weighted by Gasteiger charge is -2.29. The van der Waals surface area contributed by atoms with E-state index in [9.17, 15) is 4.79 Å². The molecule has 0 aromatic heterocycles. The summed E-state index contributed by atoms with van der Waals surface area (Å²) in [5.41, 5.74) is 6.25. The van der Waals surface area contributed by atoms with Crippen molar-refractivity contribution in [1.82, 2.24) is 4.90 Å². The second-order valence-corrected chi connectivity index (χ2v) is 6.31. The molecule has 20 heavy (non-hydrogen) atoms. The molecule has 0 radical (unpaired) electrons. The minimum atomic E-state index is -0.102. The van der Waals surface area contributed by atoms with E-state index in [2.05, 4.69) is 0 Å². The first-order chi connectivity index (χ1) is 8.76. The zero-order chi connectivity index (χ0) is 14.6. The number of halogens is 3. The summed E-state index contributed by atoms with van der Waals surface area (Å²) in [6.45, 7) is 5.18. The molecule has 0 aliphatic carbocycles. The molecule has 1 aromatic rings. The first-order valence-electron chi connectivity index (χ1n) is 6.14. The van der Waals surface area contributed by atoms with Crippen LogP contribution in [0.1, 0.15) is 19.4 Å². The molecular formula is C14H21Cl3N2O. The number of nitrogens with two attached hydrogens (primary N) is 1. The van der Waals surface area contributed by atoms with Crippen LogP contribution in [0.5, 0.6) is 0 Å². The number of nitrogens with zero attached hydrogens (tertiary/aromatic N) is 1. The van der Waals surface area contributed by atoms with E-state index in [-0.39, 0.29) is 30.2 Å². The van der Waals surface area contributed by atoms with Gasteiger partial charge in [-0.25, -0.2) is 0 Å². The van der Waals surface area contributed by atoms with Gasteiger partial charge >= 0.3 is 0 Å². The van der Waals surface area contributed by atoms with Crippen molar-refractivity contribution in [1.29, 1.82) is 0 Å². The monoisotopic (exact) mass is 338 g/mol. The summed E-state index contributed by atoms with van der Waals surface area (Å²) in [5, 5.41) is 1.04. The minimum absolute atomic E-state index is 0. The minimum Gasteiger partial charge on any atom is -0.345 e. The van der Waals surface area contributed by atoms with Crippen LogP contribution in [0.15, 0.2) is 18.2 Å². The summed E-state index contributed by atoms with van der Waals surface area (Å²) in [6, 6.07) is 5.24. The maximum atomic E-state index is 12.2. The van der Waals surface area contributed by atoms with E-state index >= 15 is 0 Å². The van der Waals surface area contributed by atoms with Crippen LogP contribution < -0.4 is 5.73 Å². The van der Waals surface area contributed by atoms with Gasteiger partial charge in [0.25, 0.3) is 0 Å². The van der Waals surface area contributed by atoms with Crippen LogP contribution in [0.3, 0.4) is 0 Å². The zero-order valence-corrected chi connectivity index (χ0v) is 14.3. The van der Waals surface area contributed by atoms with Crippen LogP contribution in [0.25, 0.3) is 0 Å². The molecular weight excluding hydrogens is 319 g/mol. The molecule has 0 aliphatic heterocycles. The van der Waals surface area contributed by atoms with Gasteiger partial charge in [-0.2, -0.15) is 0 Å². The van der Waals surface area contributed by atoms with Crippen molar-refractivity contribution in [2.45, 2.75) is 20.3 Å². The highest BCUT2D eigenvalue weighted by Gasteiger charge is 2.22. The Bertz CT molecular complexity index is 443. The van der Waals surface area contributed by atoms with E-state index in [0.29, 0.717) is 28.7 Å². The van der Waals surface area contributed by atoms with Crippen molar-refractivity contribution in [2.24, 2.45) is 11.1 Å². The molecule has 0 saturated carbocycles. The number of rotatable bonds is 5. The van der Waals surface area contributed by atoms with Crippen molar-refractivity contribution in [3.63, 3.8) is 0 Å². The second kappa shape index (κ2) is 8.08. The van der Waals surface area contributed by atoms with Crippen LogP contribution in [-0.4, -0.2) is 30.9 Å². The molecule has 3 nitrogen and oxygen atoms in total. The molecule has 1 aromatic carbocycles. The predicted molar refractivity (Wildman–Crippen MR) is 87.9 cm³/mol. The standard InChI is InChI=1S/C14H20Cl2N2O.ClH/c1-14(2,8-17)9-18(3)13(19)7-10-11(15)5-4-6-12(10)16;/h4-6H,7-9,17H2,1-3H3;1H. The highest BCUT2D eigenvalue weighted by atomic mass is 35.5. The molecule has 0 unspecified atom stereocenters. The van der Waals surface area contributed by atoms with E-state index in [4.69, 9.17) is 28.9 Å². The summed E-state index contributed by atoms with van der Waals surface area (Å²) < 4.78 is 0. The molecule has 0 spiro atoms. The summed E-state index contributed by atoms with van der Waals surface area (Å²) in [5.74, 6) is -0.0171. The van der Waals surface area contributed by atoms with Crippen molar-refractivity contribution < 1.29 is 4.79 Å². The lowest BCUT2D eigenvalue weighted by atomic mass is 9.93. The third kappa shape index (κ3) is 5.49. The zero-order valence-electron chi connectivity index (χ0n) is 12.0. The predicted octanol–water partition coefficient (Wildman–Crippen LogP) is 3.40. The molecule has 0 bridgehead atoms. The van der Waals surface area contributed by atoms with E-state index in [1.165, 1.54) is 0 Å². The van der Waals surface area contributed by atoms with Gasteiger partial charge < -0.3 is 10.6 Å². The third-order valence-electron chi connectivity index (χ3n) is 3.03. The van der Waals surface area contributed by atoms with Gasteiger partial charge in [0.15, 0.2) is 0 Å². The SMILES string of the molecule is CN(CC(C)(C)CN)C(=O)Cc1c(Cl)cccc1Cl.Cl. The number of amides is 1. The van der Waals surface area contributed by atoms with Gasteiger partial charge in [0.1, 0.15) is 0 Å². The Morgan fingerprint density at radius 3 is 2.25 bits per heavy atom. The second-order valence-electron chi connectivity index (χ2n) is 5.50. The van der Waals surface area contributed by atoms with E-state index in [1.54, 1.807) is 30.1 Å². The lowest BCUT2D eigenvalue weighted by molar-refractivity contribution is -0.130. The fourth-order valence-corrected chi connectivity index (χ4v) is 2.31. The fourth-order valence-electron chi connectivity index (χ4n) is 1.78. The van der Waals surface area contributed by atoms with E-state index < -0.39 is 0 Å². The van der Waals surface area contributed by atoms with E-state index in [0.717, 1.165) is 0 Å². The number of likely N-dealkylation sites (N-methyl/N-ethyl adjacent to an activating group) is 1. The van der Waals surface area contributed by atoms with Gasteiger partial charge in [0.2, 0.25) is 5.91 Å². The van der Waals surface area contributed by atoms with Gasteiger partial charge in [0.05, 0.1) is 6.42 Å². The van der Waals surface area contributed by atoms with Crippen LogP contribution >= 0.6 is 35.6 Å². The molecule has 1 amide bonds. The molecule has 2 N–H and O–H groups in total. The Hall–Kier alpha value is -0.480. The molecule has 6 heteroatoms. The smallest absolute Gasteiger partial charge is 0.226 e. The maximum Gasteiger partial charge on any atom is 0.226 e. The topological polar surface area (TPSA) is 46.3 Å². The Kier molecular flexibility index (Phi) is 7.89. The van der Waals surface area contributed by atoms with Gasteiger partial charge in [-0.3, -0.25) is 4.79 Å². The Morgan fingerprint density at radius 1 is 1.30 bits per heavy atom. The Morgan fingerprint density at radius 2 is 1.80 bits per heavy atom. The Labute approximate surface area is 136 Å². The third-order valence-corrected chi connectivity index (χ3v) is 3.74. The van der Waals surface area contributed by atoms with Crippen molar-refractivity contribution in [3.05, 3.63) is 33.8 Å². The molecule has 0 atom stereocenters. The number of carbonyl (C=O) groups is 1. The highest BCUT2D eigenvalue weighted by molar-refractivity contribution is 6.36. The van der Waals surface area contributed by atoms with Crippen LogP contribution in [0.2, 0.25) is 10.0 Å². The van der Waals surface area contributed by atoms with Gasteiger partial charge in [-0.15, -0.1) is 12.4 Å². The van der Waals surface area contributed by atoms with Crippen LogP contribution in [0, 0.1) is 5.41 Å². The average molecular weight is 340 g/mol. The van der Waals surface area contributed by atoms with Crippen molar-refractivity contribution >= 4 is 41.5 Å². The van der Waals surface area contributed by atoms with Gasteiger partial charge in [-0.1, -0.05) is 43.1 Å². The average Bonchev–Trinajstić information content (AvgIpc) is 2.33. The summed E-state index contributed by atoms with van der Waals surface area (Å²) in [7, 11) is 1.77. The summed E-state index contributed by atoms with van der Waals surface area (Å²) in [6.07, 6.45) is 0.204. The van der Waals surface area contributed by atoms with Crippen molar-refractivity contribution in [3.8, 4) is 0 Å². The normalized spacial score (nSPS) is 10.9. The first-order valence-corrected chi connectivity index (χ1v) is 6.89. The number of carbonyl (C=O) groups excluding carboxylic acids is 1. The summed E-state index contributed by atoms with van der Waals surface area (Å²) >= 11 is 12.1. The summed E-state index contributed by atoms with van der Waals surface area (Å²) in [4.78, 5) is 13.9. The molecule has 0 heterocycles. The molecule has 0 fully saturated rings. The molecule has 0 saturated heterocycles. The number of benzene rings is 1. The van der Waals surface area contributed by atoms with Gasteiger partial charge in [0, 0.05) is 23.6 Å². The molecule has 0 aliphatic rings.